The third kappa shape index (κ3) is 3.92. The van der Waals surface area contributed by atoms with Gasteiger partial charge in [0.05, 0.1) is 13.7 Å². The molecule has 5 heteroatoms. The van der Waals surface area contributed by atoms with Crippen LogP contribution in [0.3, 0.4) is 0 Å². The molecule has 100 valence electrons. The molecule has 0 fully saturated rings. The maximum Gasteiger partial charge on any atom is 0.317 e. The lowest BCUT2D eigenvalue weighted by Gasteiger charge is -2.24. The smallest absolute Gasteiger partial charge is 0.317 e. The third-order valence-corrected chi connectivity index (χ3v) is 2.73. The number of phenolic OH excluding ortho intramolecular Hbond substituents is 1. The monoisotopic (exact) mass is 253 g/mol. The number of phenols is 1. The first-order valence-corrected chi connectivity index (χ1v) is 5.75. The SMILES string of the molecule is COc1ccc(CN(CC(=O)O)C(C)C)c(O)c1. The Hall–Kier alpha value is -1.75. The minimum absolute atomic E-state index is 0.0524. The van der Waals surface area contributed by atoms with Crippen molar-refractivity contribution in [1.82, 2.24) is 4.90 Å². The molecule has 5 nitrogen and oxygen atoms in total. The lowest BCUT2D eigenvalue weighted by molar-refractivity contribution is -0.138. The number of aliphatic carboxylic acids is 1. The molecule has 0 spiro atoms. The van der Waals surface area contributed by atoms with Crippen LogP contribution in [0.4, 0.5) is 0 Å². The van der Waals surface area contributed by atoms with Crippen LogP contribution in [0.25, 0.3) is 0 Å². The maximum atomic E-state index is 10.8. The van der Waals surface area contributed by atoms with E-state index in [2.05, 4.69) is 0 Å². The van der Waals surface area contributed by atoms with E-state index >= 15 is 0 Å². The second-order valence-electron chi connectivity index (χ2n) is 4.39. The van der Waals surface area contributed by atoms with Crippen LogP contribution < -0.4 is 4.74 Å². The summed E-state index contributed by atoms with van der Waals surface area (Å²) < 4.78 is 5.00. The molecule has 0 radical (unpaired) electrons. The van der Waals surface area contributed by atoms with Gasteiger partial charge in [0, 0.05) is 24.2 Å². The van der Waals surface area contributed by atoms with Crippen LogP contribution in [0.1, 0.15) is 19.4 Å². The lowest BCUT2D eigenvalue weighted by Crippen LogP contribution is -2.35. The average molecular weight is 253 g/mol. The Morgan fingerprint density at radius 2 is 2.11 bits per heavy atom. The first-order valence-electron chi connectivity index (χ1n) is 5.75. The zero-order valence-corrected chi connectivity index (χ0v) is 10.9. The minimum atomic E-state index is -0.878. The van der Waals surface area contributed by atoms with E-state index in [4.69, 9.17) is 9.84 Å². The number of carboxylic acids is 1. The highest BCUT2D eigenvalue weighted by Crippen LogP contribution is 2.25. The van der Waals surface area contributed by atoms with Crippen molar-refractivity contribution in [2.75, 3.05) is 13.7 Å². The average Bonchev–Trinajstić information content (AvgIpc) is 2.29. The Morgan fingerprint density at radius 1 is 1.44 bits per heavy atom. The Bertz CT molecular complexity index is 417. The standard InChI is InChI=1S/C13H19NO4/c1-9(2)14(8-13(16)17)7-10-4-5-11(18-3)6-12(10)15/h4-6,9,15H,7-8H2,1-3H3,(H,16,17). The number of benzene rings is 1. The van der Waals surface area contributed by atoms with E-state index in [0.29, 0.717) is 17.9 Å². The van der Waals surface area contributed by atoms with Crippen LogP contribution in [0, 0.1) is 0 Å². The van der Waals surface area contributed by atoms with Crippen LogP contribution in [0.2, 0.25) is 0 Å². The molecule has 0 amide bonds. The van der Waals surface area contributed by atoms with Gasteiger partial charge in [-0.3, -0.25) is 9.69 Å². The van der Waals surface area contributed by atoms with E-state index in [0.717, 1.165) is 0 Å². The van der Waals surface area contributed by atoms with E-state index < -0.39 is 5.97 Å². The van der Waals surface area contributed by atoms with Crippen LogP contribution in [0.15, 0.2) is 18.2 Å². The Balaban J connectivity index is 2.83. The first kappa shape index (κ1) is 14.3. The molecule has 0 heterocycles. The van der Waals surface area contributed by atoms with Gasteiger partial charge in [0.2, 0.25) is 0 Å². The largest absolute Gasteiger partial charge is 0.507 e. The summed E-state index contributed by atoms with van der Waals surface area (Å²) in [6.45, 7) is 4.18. The summed E-state index contributed by atoms with van der Waals surface area (Å²) in [5.41, 5.74) is 0.686. The van der Waals surface area contributed by atoms with Crippen molar-refractivity contribution in [3.05, 3.63) is 23.8 Å². The van der Waals surface area contributed by atoms with Gasteiger partial charge in [-0.2, -0.15) is 0 Å². The molecule has 1 aromatic carbocycles. The number of aromatic hydroxyl groups is 1. The molecule has 0 aliphatic carbocycles. The zero-order valence-electron chi connectivity index (χ0n) is 10.9. The van der Waals surface area contributed by atoms with Crippen molar-refractivity contribution < 1.29 is 19.7 Å². The number of hydrogen-bond donors (Lipinski definition) is 2. The fraction of sp³-hybridized carbons (Fsp3) is 0.462. The third-order valence-electron chi connectivity index (χ3n) is 2.73. The zero-order chi connectivity index (χ0) is 13.7. The van der Waals surface area contributed by atoms with Crippen molar-refractivity contribution in [2.24, 2.45) is 0 Å². The number of ether oxygens (including phenoxy) is 1. The molecule has 1 rings (SSSR count). The minimum Gasteiger partial charge on any atom is -0.507 e. The highest BCUT2D eigenvalue weighted by molar-refractivity contribution is 5.69. The fourth-order valence-corrected chi connectivity index (χ4v) is 1.62. The topological polar surface area (TPSA) is 70.0 Å². The number of methoxy groups -OCH3 is 1. The van der Waals surface area contributed by atoms with Gasteiger partial charge in [0.25, 0.3) is 0 Å². The summed E-state index contributed by atoms with van der Waals surface area (Å²) >= 11 is 0. The highest BCUT2D eigenvalue weighted by atomic mass is 16.5. The van der Waals surface area contributed by atoms with Crippen molar-refractivity contribution in [2.45, 2.75) is 26.4 Å². The molecular formula is C13H19NO4. The quantitative estimate of drug-likeness (QED) is 0.807. The van der Waals surface area contributed by atoms with E-state index in [1.54, 1.807) is 17.0 Å². The van der Waals surface area contributed by atoms with Crippen LogP contribution in [0.5, 0.6) is 11.5 Å². The summed E-state index contributed by atoms with van der Waals surface area (Å²) in [5.74, 6) is -0.187. The molecule has 0 aromatic heterocycles. The van der Waals surface area contributed by atoms with Gasteiger partial charge >= 0.3 is 5.97 Å². The molecule has 2 N–H and O–H groups in total. The van der Waals surface area contributed by atoms with E-state index in [1.807, 2.05) is 13.8 Å². The van der Waals surface area contributed by atoms with Gasteiger partial charge in [-0.15, -0.1) is 0 Å². The number of hydrogen-bond acceptors (Lipinski definition) is 4. The van der Waals surface area contributed by atoms with E-state index in [9.17, 15) is 9.90 Å². The first-order chi connectivity index (χ1) is 8.43. The van der Waals surface area contributed by atoms with Gasteiger partial charge in [0.15, 0.2) is 0 Å². The van der Waals surface area contributed by atoms with E-state index in [-0.39, 0.29) is 18.3 Å². The van der Waals surface area contributed by atoms with Crippen LogP contribution in [-0.2, 0) is 11.3 Å². The summed E-state index contributed by atoms with van der Waals surface area (Å²) in [7, 11) is 1.53. The molecular weight excluding hydrogens is 234 g/mol. The Labute approximate surface area is 107 Å². The van der Waals surface area contributed by atoms with Crippen LogP contribution >= 0.6 is 0 Å². The number of rotatable bonds is 6. The van der Waals surface area contributed by atoms with Gasteiger partial charge in [0.1, 0.15) is 11.5 Å². The summed E-state index contributed by atoms with van der Waals surface area (Å²) in [6.07, 6.45) is 0. The van der Waals surface area contributed by atoms with Gasteiger partial charge in [-0.05, 0) is 19.9 Å². The molecule has 0 atom stereocenters. The van der Waals surface area contributed by atoms with Gasteiger partial charge < -0.3 is 14.9 Å². The summed E-state index contributed by atoms with van der Waals surface area (Å²) in [6, 6.07) is 5.09. The highest BCUT2D eigenvalue weighted by Gasteiger charge is 2.15. The maximum absolute atomic E-state index is 10.8. The fourth-order valence-electron chi connectivity index (χ4n) is 1.62. The molecule has 0 aliphatic heterocycles. The second kappa shape index (κ2) is 6.26. The predicted molar refractivity (Wildman–Crippen MR) is 67.8 cm³/mol. The van der Waals surface area contributed by atoms with Crippen molar-refractivity contribution in [3.63, 3.8) is 0 Å². The number of carbonyl (C=O) groups is 1. The molecule has 0 saturated carbocycles. The molecule has 0 saturated heterocycles. The predicted octanol–water partition coefficient (Wildman–Crippen LogP) is 1.70. The number of nitrogens with zero attached hydrogens (tertiary/aromatic N) is 1. The molecule has 18 heavy (non-hydrogen) atoms. The van der Waals surface area contributed by atoms with Crippen molar-refractivity contribution in [3.8, 4) is 11.5 Å². The Morgan fingerprint density at radius 3 is 2.56 bits per heavy atom. The molecule has 0 bridgehead atoms. The molecule has 0 aliphatic rings. The summed E-state index contributed by atoms with van der Waals surface area (Å²) in [5, 5.41) is 18.7. The van der Waals surface area contributed by atoms with Crippen molar-refractivity contribution >= 4 is 5.97 Å². The van der Waals surface area contributed by atoms with E-state index in [1.165, 1.54) is 13.2 Å². The van der Waals surface area contributed by atoms with Crippen LogP contribution in [-0.4, -0.2) is 40.8 Å². The Kier molecular flexibility index (Phi) is 4.97. The number of carboxylic acid groups (broad SMARTS) is 1. The lowest BCUT2D eigenvalue weighted by atomic mass is 10.1. The van der Waals surface area contributed by atoms with Crippen molar-refractivity contribution in [1.29, 1.82) is 0 Å². The normalized spacial score (nSPS) is 10.9. The summed E-state index contributed by atoms with van der Waals surface area (Å²) in [4.78, 5) is 12.5. The van der Waals surface area contributed by atoms with Gasteiger partial charge in [-0.1, -0.05) is 6.07 Å². The van der Waals surface area contributed by atoms with Gasteiger partial charge in [-0.25, -0.2) is 0 Å². The second-order valence-corrected chi connectivity index (χ2v) is 4.39. The molecule has 1 aromatic rings. The molecule has 0 unspecified atom stereocenters.